The molecule has 0 aliphatic carbocycles. The van der Waals surface area contributed by atoms with Gasteiger partial charge in [-0.25, -0.2) is 15.0 Å². The molecule has 0 bridgehead atoms. The van der Waals surface area contributed by atoms with Crippen LogP contribution in [0.2, 0.25) is 5.02 Å². The van der Waals surface area contributed by atoms with E-state index in [2.05, 4.69) is 20.3 Å². The number of thiazole rings is 2. The summed E-state index contributed by atoms with van der Waals surface area (Å²) in [5.41, 5.74) is 7.32. The van der Waals surface area contributed by atoms with Gasteiger partial charge in [0.2, 0.25) is 0 Å². The maximum absolute atomic E-state index is 9.10. The Hall–Kier alpha value is -1.74. The van der Waals surface area contributed by atoms with E-state index >= 15 is 0 Å². The lowest BCUT2D eigenvalue weighted by molar-refractivity contribution is 0.298. The van der Waals surface area contributed by atoms with Gasteiger partial charge in [0.15, 0.2) is 10.3 Å². The van der Waals surface area contributed by atoms with Gasteiger partial charge in [-0.1, -0.05) is 22.9 Å². The fourth-order valence-corrected chi connectivity index (χ4v) is 3.57. The molecule has 0 fully saturated rings. The standard InChI is InChI=1S/C13H12ClN5OS2/c14-7-1-2-10(16-5-7)19-13-18-9(6-21-13)11-8(3-4-20)17-12(15)22-11/h1-2,5-6,20H,3-4H2,(H2,15,17)(H,16,18,19). The first-order valence-corrected chi connectivity index (χ1v) is 8.43. The molecule has 0 saturated carbocycles. The number of hydrogen-bond acceptors (Lipinski definition) is 8. The van der Waals surface area contributed by atoms with Crippen molar-refractivity contribution >= 4 is 50.4 Å². The number of anilines is 3. The minimum atomic E-state index is 0.0279. The number of pyridine rings is 1. The van der Waals surface area contributed by atoms with Crippen LogP contribution in [0.4, 0.5) is 16.1 Å². The zero-order valence-corrected chi connectivity index (χ0v) is 13.7. The zero-order chi connectivity index (χ0) is 15.5. The number of rotatable bonds is 5. The van der Waals surface area contributed by atoms with Crippen LogP contribution in [0.3, 0.4) is 0 Å². The minimum absolute atomic E-state index is 0.0279. The van der Waals surface area contributed by atoms with Crippen molar-refractivity contribution in [2.45, 2.75) is 6.42 Å². The quantitative estimate of drug-likeness (QED) is 0.651. The Morgan fingerprint density at radius 2 is 2.18 bits per heavy atom. The van der Waals surface area contributed by atoms with Gasteiger partial charge in [-0.15, -0.1) is 11.3 Å². The molecule has 114 valence electrons. The van der Waals surface area contributed by atoms with Crippen LogP contribution in [0, 0.1) is 0 Å². The second kappa shape index (κ2) is 6.57. The summed E-state index contributed by atoms with van der Waals surface area (Å²) in [5, 5.41) is 15.9. The normalized spacial score (nSPS) is 10.8. The van der Waals surface area contributed by atoms with Crippen molar-refractivity contribution < 1.29 is 5.11 Å². The molecule has 0 amide bonds. The number of aliphatic hydroxyl groups is 1. The second-order valence-corrected chi connectivity index (χ2v) is 6.65. The molecule has 0 unspecified atom stereocenters. The summed E-state index contributed by atoms with van der Waals surface area (Å²) in [7, 11) is 0. The van der Waals surface area contributed by atoms with Crippen LogP contribution < -0.4 is 11.1 Å². The number of hydrogen-bond donors (Lipinski definition) is 3. The molecule has 4 N–H and O–H groups in total. The fourth-order valence-electron chi connectivity index (χ4n) is 1.84. The number of nitrogens with two attached hydrogens (primary N) is 1. The van der Waals surface area contributed by atoms with E-state index in [9.17, 15) is 0 Å². The van der Waals surface area contributed by atoms with Crippen molar-refractivity contribution in [3.05, 3.63) is 34.4 Å². The molecule has 0 saturated heterocycles. The summed E-state index contributed by atoms with van der Waals surface area (Å²) in [5.74, 6) is 0.671. The van der Waals surface area contributed by atoms with Crippen molar-refractivity contribution in [2.75, 3.05) is 17.7 Å². The molecule has 0 spiro atoms. The molecule has 6 nitrogen and oxygen atoms in total. The van der Waals surface area contributed by atoms with E-state index in [4.69, 9.17) is 22.4 Å². The topological polar surface area (TPSA) is 97.0 Å². The molecule has 0 atom stereocenters. The van der Waals surface area contributed by atoms with Crippen LogP contribution in [-0.2, 0) is 6.42 Å². The van der Waals surface area contributed by atoms with Gasteiger partial charge >= 0.3 is 0 Å². The Morgan fingerprint density at radius 1 is 1.32 bits per heavy atom. The Bertz CT molecular complexity index is 771. The van der Waals surface area contributed by atoms with Gasteiger partial charge in [0.05, 0.1) is 21.3 Å². The highest BCUT2D eigenvalue weighted by Gasteiger charge is 2.14. The molecule has 3 rings (SSSR count). The summed E-state index contributed by atoms with van der Waals surface area (Å²) in [6.07, 6.45) is 2.03. The number of nitrogens with zero attached hydrogens (tertiary/aromatic N) is 3. The van der Waals surface area contributed by atoms with Gasteiger partial charge in [-0.3, -0.25) is 0 Å². The van der Waals surface area contributed by atoms with E-state index in [1.54, 1.807) is 18.3 Å². The highest BCUT2D eigenvalue weighted by Crippen LogP contribution is 2.34. The summed E-state index contributed by atoms with van der Waals surface area (Å²) < 4.78 is 0. The first-order valence-electron chi connectivity index (χ1n) is 6.36. The van der Waals surface area contributed by atoms with E-state index in [0.717, 1.165) is 16.3 Å². The molecule has 3 aromatic heterocycles. The Kier molecular flexibility index (Phi) is 4.53. The minimum Gasteiger partial charge on any atom is -0.396 e. The molecule has 0 aliphatic heterocycles. The maximum atomic E-state index is 9.10. The Labute approximate surface area is 139 Å². The number of aromatic nitrogens is 3. The first-order chi connectivity index (χ1) is 10.7. The fraction of sp³-hybridized carbons (Fsp3) is 0.154. The second-order valence-electron chi connectivity index (χ2n) is 4.33. The molecule has 0 aliphatic rings. The van der Waals surface area contributed by atoms with Crippen molar-refractivity contribution in [3.8, 4) is 10.6 Å². The average Bonchev–Trinajstić information content (AvgIpc) is 3.09. The van der Waals surface area contributed by atoms with Crippen LogP contribution in [0.1, 0.15) is 5.69 Å². The van der Waals surface area contributed by atoms with Gasteiger partial charge in [0.25, 0.3) is 0 Å². The number of aliphatic hydroxyl groups excluding tert-OH is 1. The molecule has 9 heteroatoms. The molecule has 3 heterocycles. The van der Waals surface area contributed by atoms with Crippen LogP contribution in [0.25, 0.3) is 10.6 Å². The molecule has 3 aromatic rings. The zero-order valence-electron chi connectivity index (χ0n) is 11.3. The van der Waals surface area contributed by atoms with Crippen molar-refractivity contribution in [1.29, 1.82) is 0 Å². The van der Waals surface area contributed by atoms with Gasteiger partial charge in [-0.2, -0.15) is 0 Å². The third kappa shape index (κ3) is 3.36. The van der Waals surface area contributed by atoms with Crippen molar-refractivity contribution in [1.82, 2.24) is 15.0 Å². The van der Waals surface area contributed by atoms with Crippen molar-refractivity contribution in [2.24, 2.45) is 0 Å². The van der Waals surface area contributed by atoms with E-state index in [-0.39, 0.29) is 6.61 Å². The van der Waals surface area contributed by atoms with Gasteiger partial charge in [0, 0.05) is 24.6 Å². The first kappa shape index (κ1) is 15.2. The summed E-state index contributed by atoms with van der Waals surface area (Å²) in [6.45, 7) is 0.0279. The highest BCUT2D eigenvalue weighted by atomic mass is 35.5. The Morgan fingerprint density at radius 3 is 2.91 bits per heavy atom. The predicted octanol–water partition coefficient (Wildman–Crippen LogP) is 3.18. The highest BCUT2D eigenvalue weighted by molar-refractivity contribution is 7.19. The van der Waals surface area contributed by atoms with Crippen LogP contribution >= 0.6 is 34.3 Å². The average molecular weight is 354 g/mol. The molecule has 0 radical (unpaired) electrons. The number of halogens is 1. The van der Waals surface area contributed by atoms with E-state index in [1.165, 1.54) is 22.7 Å². The van der Waals surface area contributed by atoms with E-state index in [1.807, 2.05) is 5.38 Å². The largest absolute Gasteiger partial charge is 0.396 e. The molecular weight excluding hydrogens is 342 g/mol. The SMILES string of the molecule is Nc1nc(CCO)c(-c2csc(Nc3ccc(Cl)cn3)n2)s1. The molecule has 0 aromatic carbocycles. The maximum Gasteiger partial charge on any atom is 0.188 e. The Balaban J connectivity index is 1.83. The smallest absolute Gasteiger partial charge is 0.188 e. The van der Waals surface area contributed by atoms with Gasteiger partial charge in [0.1, 0.15) is 5.82 Å². The summed E-state index contributed by atoms with van der Waals surface area (Å²) >= 11 is 8.63. The van der Waals surface area contributed by atoms with E-state index < -0.39 is 0 Å². The van der Waals surface area contributed by atoms with Gasteiger partial charge < -0.3 is 16.2 Å². The lowest BCUT2D eigenvalue weighted by atomic mass is 10.2. The monoisotopic (exact) mass is 353 g/mol. The number of nitrogens with one attached hydrogen (secondary N) is 1. The molecular formula is C13H12ClN5OS2. The lowest BCUT2D eigenvalue weighted by Crippen LogP contribution is -1.94. The van der Waals surface area contributed by atoms with Gasteiger partial charge in [-0.05, 0) is 12.1 Å². The number of nitrogen functional groups attached to an aromatic ring is 1. The summed E-state index contributed by atoms with van der Waals surface area (Å²) in [6, 6.07) is 3.54. The lowest BCUT2D eigenvalue weighted by Gasteiger charge is -2.00. The third-order valence-electron chi connectivity index (χ3n) is 2.76. The van der Waals surface area contributed by atoms with Crippen LogP contribution in [0.5, 0.6) is 0 Å². The van der Waals surface area contributed by atoms with E-state index in [0.29, 0.717) is 27.5 Å². The predicted molar refractivity (Wildman–Crippen MR) is 91.0 cm³/mol. The van der Waals surface area contributed by atoms with Crippen LogP contribution in [-0.4, -0.2) is 26.7 Å². The third-order valence-corrected chi connectivity index (χ3v) is 4.69. The van der Waals surface area contributed by atoms with Crippen molar-refractivity contribution in [3.63, 3.8) is 0 Å². The summed E-state index contributed by atoms with van der Waals surface area (Å²) in [4.78, 5) is 13.8. The van der Waals surface area contributed by atoms with Crippen LogP contribution in [0.15, 0.2) is 23.7 Å². The molecule has 22 heavy (non-hydrogen) atoms.